The highest BCUT2D eigenvalue weighted by Crippen LogP contribution is 2.18. The second kappa shape index (κ2) is 7.73. The summed E-state index contributed by atoms with van der Waals surface area (Å²) < 4.78 is 0. The second-order valence-corrected chi connectivity index (χ2v) is 6.98. The Balaban J connectivity index is 1.70. The van der Waals surface area contributed by atoms with Gasteiger partial charge in [0.05, 0.1) is 0 Å². The average molecular weight is 291 g/mol. The van der Waals surface area contributed by atoms with E-state index in [-0.39, 0.29) is 0 Å². The molecule has 0 saturated heterocycles. The SMILES string of the molecule is CC(Cc1cccs1)N(C)CCSc1ccccc1. The third-order valence-corrected chi connectivity index (χ3v) is 5.18. The Labute approximate surface area is 124 Å². The van der Waals surface area contributed by atoms with Crippen LogP contribution in [0.3, 0.4) is 0 Å². The Morgan fingerprint density at radius 1 is 1.16 bits per heavy atom. The first-order valence-electron chi connectivity index (χ1n) is 6.66. The molecule has 0 aliphatic carbocycles. The van der Waals surface area contributed by atoms with Crippen molar-refractivity contribution in [3.05, 3.63) is 52.7 Å². The normalized spacial score (nSPS) is 12.8. The molecule has 1 nitrogen and oxygen atoms in total. The summed E-state index contributed by atoms with van der Waals surface area (Å²) in [6.45, 7) is 3.44. The molecule has 0 radical (unpaired) electrons. The van der Waals surface area contributed by atoms with E-state index in [0.29, 0.717) is 6.04 Å². The molecule has 102 valence electrons. The van der Waals surface area contributed by atoms with Crippen LogP contribution in [0.25, 0.3) is 0 Å². The molecule has 2 aromatic rings. The van der Waals surface area contributed by atoms with Gasteiger partial charge in [-0.2, -0.15) is 0 Å². The van der Waals surface area contributed by atoms with Crippen molar-refractivity contribution in [2.24, 2.45) is 0 Å². The Bertz CT molecular complexity index is 453. The summed E-state index contributed by atoms with van der Waals surface area (Å²) in [5.74, 6) is 1.15. The monoisotopic (exact) mass is 291 g/mol. The summed E-state index contributed by atoms with van der Waals surface area (Å²) in [6, 6.07) is 15.6. The smallest absolute Gasteiger partial charge is 0.0112 e. The molecule has 3 heteroatoms. The molecule has 0 aliphatic rings. The number of nitrogens with zero attached hydrogens (tertiary/aromatic N) is 1. The average Bonchev–Trinajstić information content (AvgIpc) is 2.92. The number of hydrogen-bond acceptors (Lipinski definition) is 3. The van der Waals surface area contributed by atoms with Crippen molar-refractivity contribution in [2.45, 2.75) is 24.3 Å². The fourth-order valence-corrected chi connectivity index (χ4v) is 3.71. The van der Waals surface area contributed by atoms with Crippen LogP contribution in [0.1, 0.15) is 11.8 Å². The van der Waals surface area contributed by atoms with Crippen LogP contribution in [0.4, 0.5) is 0 Å². The van der Waals surface area contributed by atoms with Gasteiger partial charge in [-0.1, -0.05) is 24.3 Å². The molecule has 0 saturated carbocycles. The van der Waals surface area contributed by atoms with Gasteiger partial charge in [0.2, 0.25) is 0 Å². The molecule has 1 aromatic heterocycles. The summed E-state index contributed by atoms with van der Waals surface area (Å²) in [5.41, 5.74) is 0. The minimum Gasteiger partial charge on any atom is -0.303 e. The lowest BCUT2D eigenvalue weighted by Gasteiger charge is -2.24. The van der Waals surface area contributed by atoms with Gasteiger partial charge in [-0.15, -0.1) is 23.1 Å². The highest BCUT2D eigenvalue weighted by molar-refractivity contribution is 7.99. The van der Waals surface area contributed by atoms with Crippen LogP contribution in [0.15, 0.2) is 52.7 Å². The molecular formula is C16H21NS2. The number of benzene rings is 1. The van der Waals surface area contributed by atoms with Crippen LogP contribution in [0, 0.1) is 0 Å². The maximum absolute atomic E-state index is 2.45. The third kappa shape index (κ3) is 5.01. The van der Waals surface area contributed by atoms with Crippen molar-refractivity contribution in [1.29, 1.82) is 0 Å². The van der Waals surface area contributed by atoms with Crippen molar-refractivity contribution in [3.63, 3.8) is 0 Å². The topological polar surface area (TPSA) is 3.24 Å². The van der Waals surface area contributed by atoms with E-state index in [2.05, 4.69) is 66.7 Å². The maximum Gasteiger partial charge on any atom is 0.0112 e. The molecule has 0 spiro atoms. The largest absolute Gasteiger partial charge is 0.303 e. The van der Waals surface area contributed by atoms with Crippen LogP contribution >= 0.6 is 23.1 Å². The molecule has 0 bridgehead atoms. The Morgan fingerprint density at radius 2 is 1.95 bits per heavy atom. The minimum absolute atomic E-state index is 0.607. The number of thioether (sulfide) groups is 1. The van der Waals surface area contributed by atoms with Gasteiger partial charge in [-0.3, -0.25) is 0 Å². The van der Waals surface area contributed by atoms with Crippen molar-refractivity contribution < 1.29 is 0 Å². The summed E-state index contributed by atoms with van der Waals surface area (Å²) in [7, 11) is 2.23. The van der Waals surface area contributed by atoms with Gasteiger partial charge < -0.3 is 4.90 Å². The molecule has 0 fully saturated rings. The van der Waals surface area contributed by atoms with Gasteiger partial charge in [0.15, 0.2) is 0 Å². The van der Waals surface area contributed by atoms with Gasteiger partial charge in [-0.05, 0) is 44.0 Å². The zero-order valence-corrected chi connectivity index (χ0v) is 13.2. The fourth-order valence-electron chi connectivity index (χ4n) is 1.92. The number of hydrogen-bond donors (Lipinski definition) is 0. The van der Waals surface area contributed by atoms with Crippen LogP contribution in [0.5, 0.6) is 0 Å². The Morgan fingerprint density at radius 3 is 2.63 bits per heavy atom. The Kier molecular flexibility index (Phi) is 5.95. The molecule has 1 atom stereocenters. The molecule has 1 unspecified atom stereocenters. The molecule has 0 amide bonds. The van der Waals surface area contributed by atoms with E-state index in [1.54, 1.807) is 0 Å². The highest BCUT2D eigenvalue weighted by Gasteiger charge is 2.10. The summed E-state index contributed by atoms with van der Waals surface area (Å²) in [6.07, 6.45) is 1.16. The first kappa shape index (κ1) is 14.6. The quantitative estimate of drug-likeness (QED) is 0.695. The molecular weight excluding hydrogens is 270 g/mol. The van der Waals surface area contributed by atoms with E-state index >= 15 is 0 Å². The lowest BCUT2D eigenvalue weighted by atomic mass is 10.2. The highest BCUT2D eigenvalue weighted by atomic mass is 32.2. The Hall–Kier alpha value is -0.770. The zero-order valence-electron chi connectivity index (χ0n) is 11.6. The van der Waals surface area contributed by atoms with Crippen LogP contribution in [-0.4, -0.2) is 30.3 Å². The van der Waals surface area contributed by atoms with Crippen molar-refractivity contribution in [1.82, 2.24) is 4.90 Å². The van der Waals surface area contributed by atoms with E-state index < -0.39 is 0 Å². The lowest BCUT2D eigenvalue weighted by Crippen LogP contribution is -2.32. The summed E-state index contributed by atoms with van der Waals surface area (Å²) in [5, 5.41) is 2.16. The molecule has 1 aromatic carbocycles. The van der Waals surface area contributed by atoms with Crippen molar-refractivity contribution in [2.75, 3.05) is 19.3 Å². The lowest BCUT2D eigenvalue weighted by molar-refractivity contribution is 0.273. The van der Waals surface area contributed by atoms with Gasteiger partial charge in [0.1, 0.15) is 0 Å². The fraction of sp³-hybridized carbons (Fsp3) is 0.375. The van der Waals surface area contributed by atoms with Crippen LogP contribution in [0.2, 0.25) is 0 Å². The first-order valence-corrected chi connectivity index (χ1v) is 8.52. The molecule has 2 rings (SSSR count). The zero-order chi connectivity index (χ0) is 13.5. The van der Waals surface area contributed by atoms with Gasteiger partial charge >= 0.3 is 0 Å². The van der Waals surface area contributed by atoms with Crippen molar-refractivity contribution in [3.8, 4) is 0 Å². The van der Waals surface area contributed by atoms with Gasteiger partial charge in [-0.25, -0.2) is 0 Å². The van der Waals surface area contributed by atoms with E-state index in [4.69, 9.17) is 0 Å². The predicted octanol–water partition coefficient (Wildman–Crippen LogP) is 4.40. The molecule has 1 heterocycles. The van der Waals surface area contributed by atoms with E-state index in [1.165, 1.54) is 9.77 Å². The molecule has 0 N–H and O–H groups in total. The standard InChI is InChI=1S/C16H21NS2/c1-14(13-16-9-6-11-18-16)17(2)10-12-19-15-7-4-3-5-8-15/h3-9,11,14H,10,12-13H2,1-2H3. The first-order chi connectivity index (χ1) is 9.25. The second-order valence-electron chi connectivity index (χ2n) is 4.77. The van der Waals surface area contributed by atoms with E-state index in [9.17, 15) is 0 Å². The van der Waals surface area contributed by atoms with Gasteiger partial charge in [0, 0.05) is 28.1 Å². The molecule has 0 aliphatic heterocycles. The third-order valence-electron chi connectivity index (χ3n) is 3.29. The summed E-state index contributed by atoms with van der Waals surface area (Å²) >= 11 is 3.79. The maximum atomic E-state index is 2.45. The van der Waals surface area contributed by atoms with Crippen molar-refractivity contribution >= 4 is 23.1 Å². The minimum atomic E-state index is 0.607. The van der Waals surface area contributed by atoms with Crippen LogP contribution in [-0.2, 0) is 6.42 Å². The summed E-state index contributed by atoms with van der Waals surface area (Å²) in [4.78, 5) is 5.30. The number of thiophene rings is 1. The van der Waals surface area contributed by atoms with E-state index in [0.717, 1.165) is 18.7 Å². The van der Waals surface area contributed by atoms with Gasteiger partial charge in [0.25, 0.3) is 0 Å². The predicted molar refractivity (Wildman–Crippen MR) is 87.3 cm³/mol. The van der Waals surface area contributed by atoms with E-state index in [1.807, 2.05) is 23.1 Å². The molecule has 19 heavy (non-hydrogen) atoms. The number of rotatable bonds is 7. The van der Waals surface area contributed by atoms with Crippen LogP contribution < -0.4 is 0 Å². The number of likely N-dealkylation sites (N-methyl/N-ethyl adjacent to an activating group) is 1.